The minimum atomic E-state index is -4.61. The van der Waals surface area contributed by atoms with Crippen molar-refractivity contribution in [2.75, 3.05) is 11.5 Å². The fraction of sp³-hybridized carbons (Fsp3) is 0.0625. The lowest BCUT2D eigenvalue weighted by atomic mass is 10.2. The zero-order valence-corrected chi connectivity index (χ0v) is 13.6. The van der Waals surface area contributed by atoms with E-state index in [1.54, 1.807) is 0 Å². The summed E-state index contributed by atoms with van der Waals surface area (Å²) in [5.41, 5.74) is 9.96. The van der Waals surface area contributed by atoms with E-state index in [4.69, 9.17) is 11.5 Å². The summed E-state index contributed by atoms with van der Waals surface area (Å²) in [4.78, 5) is 27.6. The third kappa shape index (κ3) is 3.76. The van der Waals surface area contributed by atoms with E-state index in [2.05, 4.69) is 19.9 Å². The summed E-state index contributed by atoms with van der Waals surface area (Å²) in [5.74, 6) is -1.35. The van der Waals surface area contributed by atoms with Gasteiger partial charge in [-0.3, -0.25) is 9.78 Å². The van der Waals surface area contributed by atoms with Crippen LogP contribution in [0.1, 0.15) is 15.9 Å². The number of carbonyl (C=O) groups is 1. The first-order valence-electron chi connectivity index (χ1n) is 7.45. The van der Waals surface area contributed by atoms with Crippen LogP contribution in [-0.2, 0) is 6.18 Å². The van der Waals surface area contributed by atoms with E-state index in [0.29, 0.717) is 0 Å². The molecule has 11 heteroatoms. The second-order valence-electron chi connectivity index (χ2n) is 5.24. The number of alkyl halides is 3. The second kappa shape index (κ2) is 6.86. The number of hydrogen-bond acceptors (Lipinski definition) is 7. The Labute approximate surface area is 150 Å². The molecule has 1 aromatic carbocycles. The van der Waals surface area contributed by atoms with Crippen molar-refractivity contribution in [3.8, 4) is 0 Å². The van der Waals surface area contributed by atoms with Gasteiger partial charge in [0.2, 0.25) is 11.9 Å². The van der Waals surface area contributed by atoms with Crippen molar-refractivity contribution in [1.29, 1.82) is 0 Å². The molecule has 2 heterocycles. The topological polar surface area (TPSA) is 125 Å². The zero-order chi connectivity index (χ0) is 19.6. The largest absolute Gasteiger partial charge is 0.418 e. The number of nitrogen functional groups attached to an aromatic ring is 2. The maximum atomic E-state index is 13.1. The summed E-state index contributed by atoms with van der Waals surface area (Å²) in [6.07, 6.45) is -1.80. The van der Waals surface area contributed by atoms with Gasteiger partial charge in [-0.05, 0) is 24.3 Å². The Balaban J connectivity index is 2.09. The number of anilines is 2. The third-order valence-electron chi connectivity index (χ3n) is 3.45. The van der Waals surface area contributed by atoms with Gasteiger partial charge in [0.25, 0.3) is 11.5 Å². The van der Waals surface area contributed by atoms with Crippen LogP contribution in [0.4, 0.5) is 30.8 Å². The van der Waals surface area contributed by atoms with Crippen molar-refractivity contribution >= 4 is 23.5 Å². The number of hydrogen-bond donors (Lipinski definition) is 2. The molecule has 0 aliphatic carbocycles. The molecule has 0 radical (unpaired) electrons. The molecular weight excluding hydrogens is 363 g/mol. The molecule has 4 N–H and O–H groups in total. The number of nitrogens with two attached hydrogens (primary N) is 2. The number of para-hydroxylation sites is 1. The maximum absolute atomic E-state index is 13.1. The van der Waals surface area contributed by atoms with E-state index < -0.39 is 29.0 Å². The first-order valence-corrected chi connectivity index (χ1v) is 7.45. The molecule has 0 atom stereocenters. The van der Waals surface area contributed by atoms with Crippen molar-refractivity contribution in [2.24, 2.45) is 4.99 Å². The molecule has 0 amide bonds. The van der Waals surface area contributed by atoms with E-state index >= 15 is 0 Å². The normalized spacial score (nSPS) is 11.2. The average molecular weight is 375 g/mol. The number of aromatic nitrogens is 4. The smallest absolute Gasteiger partial charge is 0.369 e. The molecule has 2 aromatic heterocycles. The first-order chi connectivity index (χ1) is 12.8. The predicted octanol–water partition coefficient (Wildman–Crippen LogP) is 1.78. The minimum absolute atomic E-state index is 0.226. The summed E-state index contributed by atoms with van der Waals surface area (Å²) in [6, 6.07) is 7.52. The van der Waals surface area contributed by atoms with Crippen molar-refractivity contribution in [3.05, 3.63) is 65.5 Å². The maximum Gasteiger partial charge on any atom is 0.418 e. The summed E-state index contributed by atoms with van der Waals surface area (Å²) in [5, 5.41) is 0. The van der Waals surface area contributed by atoms with Gasteiger partial charge in [0.1, 0.15) is 0 Å². The van der Waals surface area contributed by atoms with Crippen LogP contribution >= 0.6 is 0 Å². The highest BCUT2D eigenvalue weighted by Gasteiger charge is 2.33. The SMILES string of the molecule is Nc1nc(=Nc2ccccc2C(F)(F)F)nc(N)n1C(=O)c1ccncc1. The van der Waals surface area contributed by atoms with Gasteiger partial charge in [0.05, 0.1) is 11.3 Å². The highest BCUT2D eigenvalue weighted by Crippen LogP contribution is 2.35. The molecule has 0 aliphatic rings. The monoisotopic (exact) mass is 375 g/mol. The van der Waals surface area contributed by atoms with Crippen molar-refractivity contribution in [3.63, 3.8) is 0 Å². The van der Waals surface area contributed by atoms with Gasteiger partial charge in [-0.15, -0.1) is 0 Å². The van der Waals surface area contributed by atoms with Crippen LogP contribution in [0.15, 0.2) is 53.8 Å². The summed E-state index contributed by atoms with van der Waals surface area (Å²) < 4.78 is 40.0. The predicted molar refractivity (Wildman–Crippen MR) is 89.5 cm³/mol. The highest BCUT2D eigenvalue weighted by atomic mass is 19.4. The van der Waals surface area contributed by atoms with Crippen molar-refractivity contribution in [1.82, 2.24) is 19.5 Å². The molecule has 138 valence electrons. The van der Waals surface area contributed by atoms with Crippen LogP contribution in [-0.4, -0.2) is 25.4 Å². The summed E-state index contributed by atoms with van der Waals surface area (Å²) in [7, 11) is 0. The lowest BCUT2D eigenvalue weighted by Crippen LogP contribution is -2.28. The van der Waals surface area contributed by atoms with E-state index in [1.165, 1.54) is 36.7 Å². The molecular formula is C16H12F3N7O. The molecule has 27 heavy (non-hydrogen) atoms. The van der Waals surface area contributed by atoms with Crippen LogP contribution < -0.4 is 17.1 Å². The first kappa shape index (κ1) is 18.0. The van der Waals surface area contributed by atoms with E-state index in [9.17, 15) is 18.0 Å². The Morgan fingerprint density at radius 1 is 1.00 bits per heavy atom. The highest BCUT2D eigenvalue weighted by molar-refractivity contribution is 5.98. The number of carbonyl (C=O) groups excluding carboxylic acids is 1. The van der Waals surface area contributed by atoms with E-state index in [1.807, 2.05) is 0 Å². The molecule has 0 unspecified atom stereocenters. The summed E-state index contributed by atoms with van der Waals surface area (Å²) in [6.45, 7) is 0. The van der Waals surface area contributed by atoms with Crippen LogP contribution in [0.5, 0.6) is 0 Å². The van der Waals surface area contributed by atoms with Crippen LogP contribution in [0, 0.1) is 0 Å². The molecule has 0 saturated carbocycles. The quantitative estimate of drug-likeness (QED) is 0.703. The number of rotatable bonds is 2. The van der Waals surface area contributed by atoms with Gasteiger partial charge in [-0.2, -0.15) is 23.1 Å². The van der Waals surface area contributed by atoms with Gasteiger partial charge in [0.15, 0.2) is 0 Å². The van der Waals surface area contributed by atoms with Crippen LogP contribution in [0.2, 0.25) is 0 Å². The molecule has 3 aromatic rings. The Morgan fingerprint density at radius 2 is 1.59 bits per heavy atom. The van der Waals surface area contributed by atoms with Gasteiger partial charge < -0.3 is 11.5 Å². The van der Waals surface area contributed by atoms with E-state index in [-0.39, 0.29) is 17.5 Å². The fourth-order valence-corrected chi connectivity index (χ4v) is 2.25. The Kier molecular flexibility index (Phi) is 4.59. The Hall–Kier alpha value is -3.76. The third-order valence-corrected chi connectivity index (χ3v) is 3.45. The average Bonchev–Trinajstić information content (AvgIpc) is 2.61. The second-order valence-corrected chi connectivity index (χ2v) is 5.24. The van der Waals surface area contributed by atoms with E-state index in [0.717, 1.165) is 16.7 Å². The van der Waals surface area contributed by atoms with Gasteiger partial charge >= 0.3 is 6.18 Å². The standard InChI is InChI=1S/C16H12F3N7O/c17-16(18,19)10-3-1-2-4-11(10)23-15-24-13(20)26(14(21)25-15)12(27)9-5-7-22-8-6-9/h1-8H,(H4,20,21,23,24,25). The van der Waals surface area contributed by atoms with Gasteiger partial charge in [-0.25, -0.2) is 9.56 Å². The van der Waals surface area contributed by atoms with Crippen molar-refractivity contribution in [2.45, 2.75) is 6.18 Å². The number of pyridine rings is 1. The Morgan fingerprint density at radius 3 is 2.19 bits per heavy atom. The van der Waals surface area contributed by atoms with Crippen molar-refractivity contribution < 1.29 is 18.0 Å². The Bertz CT molecular complexity index is 1040. The van der Waals surface area contributed by atoms with Crippen LogP contribution in [0.3, 0.4) is 0 Å². The molecule has 8 nitrogen and oxygen atoms in total. The zero-order valence-electron chi connectivity index (χ0n) is 13.6. The molecule has 0 fully saturated rings. The molecule has 3 rings (SSSR count). The molecule has 0 spiro atoms. The summed E-state index contributed by atoms with van der Waals surface area (Å²) >= 11 is 0. The lowest BCUT2D eigenvalue weighted by molar-refractivity contribution is -0.137. The number of benzene rings is 1. The number of halogens is 3. The van der Waals surface area contributed by atoms with Gasteiger partial charge in [0, 0.05) is 18.0 Å². The van der Waals surface area contributed by atoms with Gasteiger partial charge in [-0.1, -0.05) is 12.1 Å². The molecule has 0 aliphatic heterocycles. The fourth-order valence-electron chi connectivity index (χ4n) is 2.25. The number of nitrogens with zero attached hydrogens (tertiary/aromatic N) is 5. The van der Waals surface area contributed by atoms with Crippen LogP contribution in [0.25, 0.3) is 0 Å². The molecule has 0 bridgehead atoms. The minimum Gasteiger partial charge on any atom is -0.369 e. The lowest BCUT2D eigenvalue weighted by Gasteiger charge is -2.11. The molecule has 0 saturated heterocycles.